The highest BCUT2D eigenvalue weighted by molar-refractivity contribution is 6.16. The molecule has 0 aromatic heterocycles. The van der Waals surface area contributed by atoms with Crippen LogP contribution in [0.15, 0.2) is 23.3 Å². The van der Waals surface area contributed by atoms with Crippen molar-refractivity contribution in [3.05, 3.63) is 23.3 Å². The summed E-state index contributed by atoms with van der Waals surface area (Å²) >= 11 is 0. The van der Waals surface area contributed by atoms with Gasteiger partial charge in [0.25, 0.3) is 23.6 Å². The number of hydrogen-bond acceptors (Lipinski definition) is 4. The van der Waals surface area contributed by atoms with Gasteiger partial charge in [-0.15, -0.1) is 0 Å². The number of imide groups is 2. The lowest BCUT2D eigenvalue weighted by molar-refractivity contribution is -0.125. The summed E-state index contributed by atoms with van der Waals surface area (Å²) in [6, 6.07) is 0. The Morgan fingerprint density at radius 3 is 1.29 bits per heavy atom. The van der Waals surface area contributed by atoms with Crippen molar-refractivity contribution in [2.24, 2.45) is 0 Å². The van der Waals surface area contributed by atoms with E-state index in [4.69, 9.17) is 0 Å². The summed E-state index contributed by atoms with van der Waals surface area (Å²) in [7, 11) is 0. The van der Waals surface area contributed by atoms with Crippen molar-refractivity contribution in [3.63, 3.8) is 0 Å². The molecule has 2 aliphatic heterocycles. The molecule has 0 spiro atoms. The third-order valence-electron chi connectivity index (χ3n) is 4.77. The van der Waals surface area contributed by atoms with E-state index in [-0.39, 0.29) is 23.6 Å². The summed E-state index contributed by atoms with van der Waals surface area (Å²) in [4.78, 5) is 43.8. The van der Waals surface area contributed by atoms with Crippen LogP contribution in [-0.2, 0) is 19.2 Å². The van der Waals surface area contributed by atoms with Crippen LogP contribution >= 0.6 is 0 Å². The summed E-state index contributed by atoms with van der Waals surface area (Å²) in [5.41, 5.74) is 1.29. The fourth-order valence-corrected chi connectivity index (χ4v) is 3.11. The molecule has 28 heavy (non-hydrogen) atoms. The number of hydrogen-bond donors (Lipinski definition) is 2. The maximum atomic E-state index is 11.2. The topological polar surface area (TPSA) is 92.3 Å². The zero-order chi connectivity index (χ0) is 20.8. The SMILES string of the molecule is CCCCCCC1=CC(=O)NC1=O.CCCCCCCCC1=CC(=O)NC1=O. The van der Waals surface area contributed by atoms with Crippen LogP contribution in [0.4, 0.5) is 0 Å². The molecule has 0 atom stereocenters. The first-order chi connectivity index (χ1) is 13.5. The van der Waals surface area contributed by atoms with Gasteiger partial charge in [0.15, 0.2) is 0 Å². The van der Waals surface area contributed by atoms with Gasteiger partial charge in [0, 0.05) is 23.3 Å². The Balaban J connectivity index is 0.000000283. The molecule has 0 bridgehead atoms. The quantitative estimate of drug-likeness (QED) is 0.391. The van der Waals surface area contributed by atoms with Gasteiger partial charge in [0.2, 0.25) is 0 Å². The van der Waals surface area contributed by atoms with Crippen LogP contribution in [0.25, 0.3) is 0 Å². The Hall–Kier alpha value is -2.24. The fourth-order valence-electron chi connectivity index (χ4n) is 3.11. The second kappa shape index (κ2) is 13.9. The van der Waals surface area contributed by atoms with Crippen molar-refractivity contribution in [3.8, 4) is 0 Å². The number of amides is 4. The van der Waals surface area contributed by atoms with Crippen LogP contribution in [-0.4, -0.2) is 23.6 Å². The molecule has 0 unspecified atom stereocenters. The highest BCUT2D eigenvalue weighted by Crippen LogP contribution is 2.14. The predicted molar refractivity (Wildman–Crippen MR) is 109 cm³/mol. The van der Waals surface area contributed by atoms with Crippen LogP contribution < -0.4 is 10.6 Å². The number of carbonyl (C=O) groups is 4. The van der Waals surface area contributed by atoms with Crippen LogP contribution in [0.5, 0.6) is 0 Å². The van der Waals surface area contributed by atoms with Gasteiger partial charge in [0.05, 0.1) is 0 Å². The van der Waals surface area contributed by atoms with Crippen molar-refractivity contribution in [2.75, 3.05) is 0 Å². The minimum absolute atomic E-state index is 0.200. The van der Waals surface area contributed by atoms with E-state index in [1.807, 2.05) is 0 Å². The summed E-state index contributed by atoms with van der Waals surface area (Å²) in [5.74, 6) is -0.938. The molecule has 6 heteroatoms. The first-order valence-electron chi connectivity index (χ1n) is 10.6. The zero-order valence-corrected chi connectivity index (χ0v) is 17.3. The molecule has 0 aromatic carbocycles. The molecule has 2 rings (SSSR count). The Labute approximate surface area is 168 Å². The van der Waals surface area contributed by atoms with Crippen LogP contribution in [0.3, 0.4) is 0 Å². The third kappa shape index (κ3) is 9.62. The average Bonchev–Trinajstić information content (AvgIpc) is 3.15. The fraction of sp³-hybridized carbons (Fsp3) is 0.636. The standard InChI is InChI=1S/C12H19NO2.C10H15NO2/c1-2-3-4-5-6-7-8-10-9-11(14)13-12(10)15;1-2-3-4-5-6-8-7-9(12)11-10(8)13/h9H,2-8H2,1H3,(H,13,14,15);7H,2-6H2,1H3,(H,11,12,13). The number of unbranched alkanes of at least 4 members (excludes halogenated alkanes) is 8. The lowest BCUT2D eigenvalue weighted by atomic mass is 10.1. The summed E-state index contributed by atoms with van der Waals surface area (Å²) < 4.78 is 0. The first kappa shape index (κ1) is 23.8. The number of nitrogens with one attached hydrogen (secondary N) is 2. The van der Waals surface area contributed by atoms with Crippen molar-refractivity contribution in [1.82, 2.24) is 10.6 Å². The molecular weight excluding hydrogens is 356 g/mol. The molecule has 0 saturated heterocycles. The molecular formula is C22H34N2O4. The van der Waals surface area contributed by atoms with E-state index in [1.165, 1.54) is 50.7 Å². The molecule has 6 nitrogen and oxygen atoms in total. The molecule has 0 saturated carbocycles. The van der Waals surface area contributed by atoms with Gasteiger partial charge in [-0.3, -0.25) is 29.8 Å². The van der Waals surface area contributed by atoms with E-state index in [0.717, 1.165) is 38.5 Å². The first-order valence-corrected chi connectivity index (χ1v) is 10.6. The van der Waals surface area contributed by atoms with Crippen LogP contribution in [0, 0.1) is 0 Å². The number of carbonyl (C=O) groups excluding carboxylic acids is 4. The van der Waals surface area contributed by atoms with E-state index >= 15 is 0 Å². The molecule has 156 valence electrons. The molecule has 4 amide bonds. The zero-order valence-electron chi connectivity index (χ0n) is 17.3. The largest absolute Gasteiger partial charge is 0.289 e. The minimum atomic E-state index is -0.268. The van der Waals surface area contributed by atoms with Crippen LogP contribution in [0.1, 0.15) is 90.9 Å². The second-order valence-corrected chi connectivity index (χ2v) is 7.30. The minimum Gasteiger partial charge on any atom is -0.289 e. The summed E-state index contributed by atoms with van der Waals surface area (Å²) in [5, 5.41) is 4.49. The molecule has 0 fully saturated rings. The summed E-state index contributed by atoms with van der Waals surface area (Å²) in [6.07, 6.45) is 16.0. The maximum absolute atomic E-state index is 11.2. The van der Waals surface area contributed by atoms with Gasteiger partial charge in [-0.05, 0) is 25.7 Å². The molecule has 2 N–H and O–H groups in total. The Kier molecular flexibility index (Phi) is 11.8. The predicted octanol–water partition coefficient (Wildman–Crippen LogP) is 3.86. The maximum Gasteiger partial charge on any atom is 0.254 e. The van der Waals surface area contributed by atoms with Gasteiger partial charge >= 0.3 is 0 Å². The van der Waals surface area contributed by atoms with Crippen LogP contribution in [0.2, 0.25) is 0 Å². The van der Waals surface area contributed by atoms with Gasteiger partial charge in [0.1, 0.15) is 0 Å². The molecule has 2 aliphatic rings. The Bertz CT molecular complexity index is 620. The molecule has 0 radical (unpaired) electrons. The average molecular weight is 391 g/mol. The lowest BCUT2D eigenvalue weighted by Crippen LogP contribution is -2.22. The lowest BCUT2D eigenvalue weighted by Gasteiger charge is -2.00. The molecule has 0 aliphatic carbocycles. The highest BCUT2D eigenvalue weighted by atomic mass is 16.2. The normalized spacial score (nSPS) is 15.6. The van der Waals surface area contributed by atoms with E-state index in [1.54, 1.807) is 0 Å². The van der Waals surface area contributed by atoms with Crippen molar-refractivity contribution < 1.29 is 19.2 Å². The smallest absolute Gasteiger partial charge is 0.254 e. The highest BCUT2D eigenvalue weighted by Gasteiger charge is 2.20. The van der Waals surface area contributed by atoms with Crippen molar-refractivity contribution >= 4 is 23.6 Å². The van der Waals surface area contributed by atoms with Crippen molar-refractivity contribution in [1.29, 1.82) is 0 Å². The molecule has 2 heterocycles. The number of rotatable bonds is 12. The monoisotopic (exact) mass is 390 g/mol. The van der Waals surface area contributed by atoms with Gasteiger partial charge in [-0.1, -0.05) is 65.2 Å². The molecule has 0 aromatic rings. The second-order valence-electron chi connectivity index (χ2n) is 7.30. The van der Waals surface area contributed by atoms with Gasteiger partial charge in [-0.2, -0.15) is 0 Å². The van der Waals surface area contributed by atoms with E-state index in [0.29, 0.717) is 11.1 Å². The van der Waals surface area contributed by atoms with E-state index in [9.17, 15) is 19.2 Å². The van der Waals surface area contributed by atoms with E-state index < -0.39 is 0 Å². The third-order valence-corrected chi connectivity index (χ3v) is 4.77. The van der Waals surface area contributed by atoms with E-state index in [2.05, 4.69) is 24.5 Å². The summed E-state index contributed by atoms with van der Waals surface area (Å²) in [6.45, 7) is 4.34. The Morgan fingerprint density at radius 2 is 0.929 bits per heavy atom. The van der Waals surface area contributed by atoms with Gasteiger partial charge < -0.3 is 0 Å². The van der Waals surface area contributed by atoms with Crippen molar-refractivity contribution in [2.45, 2.75) is 90.9 Å². The Morgan fingerprint density at radius 1 is 0.571 bits per heavy atom. The van der Waals surface area contributed by atoms with Gasteiger partial charge in [-0.25, -0.2) is 0 Å².